The maximum absolute atomic E-state index is 12.8. The van der Waals surface area contributed by atoms with Gasteiger partial charge < -0.3 is 4.90 Å². The lowest BCUT2D eigenvalue weighted by Gasteiger charge is -2.31. The summed E-state index contributed by atoms with van der Waals surface area (Å²) in [5.41, 5.74) is 0.869. The van der Waals surface area contributed by atoms with Crippen LogP contribution >= 0.6 is 11.8 Å². The molecule has 1 aromatic carbocycles. The average molecular weight is 447 g/mol. The van der Waals surface area contributed by atoms with Crippen molar-refractivity contribution in [2.45, 2.75) is 9.92 Å². The summed E-state index contributed by atoms with van der Waals surface area (Å²) in [7, 11) is -1.57. The number of pyridine rings is 1. The Hall–Kier alpha value is -2.27. The normalized spacial score (nSPS) is 18.1. The summed E-state index contributed by atoms with van der Waals surface area (Å²) in [6, 6.07) is 10.0. The highest BCUT2D eigenvalue weighted by Crippen LogP contribution is 2.24. The second kappa shape index (κ2) is 8.46. The molecule has 158 valence electrons. The summed E-state index contributed by atoms with van der Waals surface area (Å²) >= 11 is 1.37. The molecule has 0 atom stereocenters. The second-order valence-electron chi connectivity index (χ2n) is 7.20. The number of carbonyl (C=O) groups excluding carboxylic acids is 2. The van der Waals surface area contributed by atoms with Gasteiger partial charge in [-0.15, -0.1) is 11.8 Å². The summed E-state index contributed by atoms with van der Waals surface area (Å²) in [4.78, 5) is 32.5. The molecule has 1 fully saturated rings. The Morgan fingerprint density at radius 1 is 0.967 bits per heavy atom. The van der Waals surface area contributed by atoms with E-state index in [-0.39, 0.29) is 23.3 Å². The highest BCUT2D eigenvalue weighted by molar-refractivity contribution is 7.99. The van der Waals surface area contributed by atoms with Crippen molar-refractivity contribution < 1.29 is 18.0 Å². The first-order valence-corrected chi connectivity index (χ1v) is 12.0. The minimum Gasteiger partial charge on any atom is -0.304 e. The number of piperazine rings is 1. The summed E-state index contributed by atoms with van der Waals surface area (Å²) in [6.45, 7) is 2.61. The van der Waals surface area contributed by atoms with Crippen LogP contribution in [0.15, 0.2) is 52.5 Å². The zero-order valence-corrected chi connectivity index (χ0v) is 18.2. The number of rotatable bonds is 6. The number of benzene rings is 1. The Labute approximate surface area is 179 Å². The van der Waals surface area contributed by atoms with Gasteiger partial charge in [0, 0.05) is 44.7 Å². The van der Waals surface area contributed by atoms with Crippen LogP contribution in [0, 0.1) is 0 Å². The molecule has 2 aliphatic heterocycles. The number of likely N-dealkylation sites (N-methyl/N-ethyl adjacent to an activating group) is 1. The van der Waals surface area contributed by atoms with Crippen LogP contribution in [0.25, 0.3) is 0 Å². The molecule has 0 spiro atoms. The van der Waals surface area contributed by atoms with Crippen LogP contribution < -0.4 is 0 Å². The minimum absolute atomic E-state index is 0.178. The fourth-order valence-electron chi connectivity index (χ4n) is 3.47. The fourth-order valence-corrected chi connectivity index (χ4v) is 5.61. The van der Waals surface area contributed by atoms with Crippen molar-refractivity contribution in [3.8, 4) is 0 Å². The van der Waals surface area contributed by atoms with Gasteiger partial charge in [0.1, 0.15) is 4.90 Å². The summed E-state index contributed by atoms with van der Waals surface area (Å²) in [5, 5.41) is 0.643. The molecule has 30 heavy (non-hydrogen) atoms. The first-order chi connectivity index (χ1) is 14.4. The largest absolute Gasteiger partial charge is 0.304 e. The van der Waals surface area contributed by atoms with Crippen molar-refractivity contribution in [2.24, 2.45) is 0 Å². The van der Waals surface area contributed by atoms with Gasteiger partial charge in [-0.25, -0.2) is 13.4 Å². The van der Waals surface area contributed by atoms with E-state index >= 15 is 0 Å². The van der Waals surface area contributed by atoms with Gasteiger partial charge in [-0.05, 0) is 31.3 Å². The van der Waals surface area contributed by atoms with Gasteiger partial charge in [-0.3, -0.25) is 14.5 Å². The van der Waals surface area contributed by atoms with Crippen LogP contribution in [0.2, 0.25) is 0 Å². The summed E-state index contributed by atoms with van der Waals surface area (Å²) in [6.07, 6.45) is 1.37. The average Bonchev–Trinajstić information content (AvgIpc) is 2.99. The van der Waals surface area contributed by atoms with Crippen molar-refractivity contribution in [1.29, 1.82) is 0 Å². The Balaban J connectivity index is 1.35. The third-order valence-electron chi connectivity index (χ3n) is 5.25. The van der Waals surface area contributed by atoms with Gasteiger partial charge in [-0.2, -0.15) is 4.31 Å². The van der Waals surface area contributed by atoms with Crippen molar-refractivity contribution in [3.63, 3.8) is 0 Å². The molecule has 0 radical (unpaired) electrons. The van der Waals surface area contributed by atoms with E-state index in [2.05, 4.69) is 9.88 Å². The molecular weight excluding hydrogens is 424 g/mol. The van der Waals surface area contributed by atoms with E-state index in [1.165, 1.54) is 27.2 Å². The van der Waals surface area contributed by atoms with Gasteiger partial charge >= 0.3 is 0 Å². The van der Waals surface area contributed by atoms with E-state index in [1.54, 1.807) is 36.4 Å². The van der Waals surface area contributed by atoms with Crippen LogP contribution in [0.5, 0.6) is 0 Å². The van der Waals surface area contributed by atoms with Gasteiger partial charge in [0.25, 0.3) is 11.8 Å². The van der Waals surface area contributed by atoms with E-state index in [9.17, 15) is 18.0 Å². The van der Waals surface area contributed by atoms with E-state index in [1.807, 2.05) is 7.05 Å². The molecule has 1 saturated heterocycles. The zero-order valence-electron chi connectivity index (χ0n) is 16.5. The molecular formula is C20H22N4O4S2. The number of hydrogen-bond donors (Lipinski definition) is 0. The number of carbonyl (C=O) groups is 2. The monoisotopic (exact) mass is 446 g/mol. The molecule has 0 N–H and O–H groups in total. The minimum atomic E-state index is -3.54. The van der Waals surface area contributed by atoms with E-state index < -0.39 is 10.0 Å². The van der Waals surface area contributed by atoms with Gasteiger partial charge in [0.2, 0.25) is 10.0 Å². The fraction of sp³-hybridized carbons (Fsp3) is 0.350. The predicted molar refractivity (Wildman–Crippen MR) is 113 cm³/mol. The number of amides is 2. The number of aromatic nitrogens is 1. The molecule has 8 nitrogen and oxygen atoms in total. The first kappa shape index (κ1) is 21.0. The zero-order chi connectivity index (χ0) is 21.3. The molecule has 0 unspecified atom stereocenters. The Morgan fingerprint density at radius 3 is 2.17 bits per heavy atom. The van der Waals surface area contributed by atoms with Crippen molar-refractivity contribution >= 4 is 33.6 Å². The number of fused-ring (bicyclic) bond motifs is 1. The molecule has 0 aliphatic carbocycles. The molecule has 2 aromatic rings. The maximum atomic E-state index is 12.8. The number of sulfonamides is 1. The lowest BCUT2D eigenvalue weighted by molar-refractivity contribution is 0.0664. The number of imide groups is 1. The molecule has 0 saturated carbocycles. The van der Waals surface area contributed by atoms with Crippen molar-refractivity contribution in [2.75, 3.05) is 45.5 Å². The standard InChI is InChI=1S/C20H22N4O4S2/c1-22-8-10-23(11-9-22)30(27,28)15-6-7-18(21-14-15)29-13-12-24-19(25)16-4-2-3-5-17(16)20(24)26/h2-7,14H,8-13H2,1H3. The lowest BCUT2D eigenvalue weighted by atomic mass is 10.1. The summed E-state index contributed by atoms with van der Waals surface area (Å²) in [5.74, 6) is -0.0844. The summed E-state index contributed by atoms with van der Waals surface area (Å²) < 4.78 is 27.0. The van der Waals surface area contributed by atoms with E-state index in [0.717, 1.165) is 0 Å². The highest BCUT2D eigenvalue weighted by atomic mass is 32.2. The van der Waals surface area contributed by atoms with Crippen LogP contribution in [0.4, 0.5) is 0 Å². The smallest absolute Gasteiger partial charge is 0.261 e. The van der Waals surface area contributed by atoms with Crippen LogP contribution in [-0.2, 0) is 10.0 Å². The maximum Gasteiger partial charge on any atom is 0.261 e. The molecule has 10 heteroatoms. The topological polar surface area (TPSA) is 90.9 Å². The number of hydrogen-bond acceptors (Lipinski definition) is 7. The van der Waals surface area contributed by atoms with Gasteiger partial charge in [-0.1, -0.05) is 12.1 Å². The third kappa shape index (κ3) is 4.00. The molecule has 2 aliphatic rings. The molecule has 0 bridgehead atoms. The quantitative estimate of drug-likeness (QED) is 0.489. The Morgan fingerprint density at radius 2 is 1.60 bits per heavy atom. The Kier molecular flexibility index (Phi) is 5.92. The van der Waals surface area contributed by atoms with Gasteiger partial charge in [0.15, 0.2) is 0 Å². The van der Waals surface area contributed by atoms with Crippen LogP contribution in [-0.4, -0.2) is 84.8 Å². The SMILES string of the molecule is CN1CCN(S(=O)(=O)c2ccc(SCCN3C(=O)c4ccccc4C3=O)nc2)CC1. The Bertz CT molecular complexity index is 1030. The number of nitrogens with zero attached hydrogens (tertiary/aromatic N) is 4. The molecule has 3 heterocycles. The van der Waals surface area contributed by atoms with Crippen molar-refractivity contribution in [1.82, 2.24) is 19.1 Å². The lowest BCUT2D eigenvalue weighted by Crippen LogP contribution is -2.47. The number of thioether (sulfide) groups is 1. The highest BCUT2D eigenvalue weighted by Gasteiger charge is 2.34. The second-order valence-corrected chi connectivity index (χ2v) is 10.2. The molecule has 2 amide bonds. The molecule has 1 aromatic heterocycles. The van der Waals surface area contributed by atoms with Crippen LogP contribution in [0.1, 0.15) is 20.7 Å². The van der Waals surface area contributed by atoms with Crippen LogP contribution in [0.3, 0.4) is 0 Å². The van der Waals surface area contributed by atoms with Gasteiger partial charge in [0.05, 0.1) is 16.2 Å². The van der Waals surface area contributed by atoms with Crippen molar-refractivity contribution in [3.05, 3.63) is 53.7 Å². The van der Waals surface area contributed by atoms with E-state index in [0.29, 0.717) is 48.1 Å². The first-order valence-electron chi connectivity index (χ1n) is 9.61. The predicted octanol–water partition coefficient (Wildman–Crippen LogP) is 1.41. The molecule has 4 rings (SSSR count). The van der Waals surface area contributed by atoms with E-state index in [4.69, 9.17) is 0 Å². The third-order valence-corrected chi connectivity index (χ3v) is 8.06.